The average Bonchev–Trinajstić information content (AvgIpc) is 2.51. The maximum Gasteiger partial charge on any atom is 0.261 e. The fourth-order valence-corrected chi connectivity index (χ4v) is 2.10. The van der Waals surface area contributed by atoms with Crippen LogP contribution in [0.15, 0.2) is 59.7 Å². The highest BCUT2D eigenvalue weighted by Crippen LogP contribution is 2.07. The molecule has 1 aromatic heterocycles. The normalized spacial score (nSPS) is 10.3. The van der Waals surface area contributed by atoms with Crippen molar-refractivity contribution in [3.63, 3.8) is 0 Å². The highest BCUT2D eigenvalue weighted by atomic mass is 16.1. The summed E-state index contributed by atoms with van der Waals surface area (Å²) in [6, 6.07) is 16.5. The molecule has 20 heavy (non-hydrogen) atoms. The molecule has 0 atom stereocenters. The van der Waals surface area contributed by atoms with Gasteiger partial charge < -0.3 is 0 Å². The highest BCUT2D eigenvalue weighted by Gasteiger charge is 2.04. The summed E-state index contributed by atoms with van der Waals surface area (Å²) in [5.41, 5.74) is 2.22. The van der Waals surface area contributed by atoms with Crippen molar-refractivity contribution in [1.82, 2.24) is 9.55 Å². The Morgan fingerprint density at radius 2 is 1.85 bits per heavy atom. The Morgan fingerprint density at radius 1 is 1.10 bits per heavy atom. The van der Waals surface area contributed by atoms with Crippen molar-refractivity contribution >= 4 is 10.9 Å². The molecule has 0 N–H and O–H groups in total. The molecule has 3 rings (SSSR count). The lowest BCUT2D eigenvalue weighted by Crippen LogP contribution is -2.21. The zero-order valence-corrected chi connectivity index (χ0v) is 10.7. The third-order valence-corrected chi connectivity index (χ3v) is 3.17. The third-order valence-electron chi connectivity index (χ3n) is 3.17. The third kappa shape index (κ3) is 2.17. The molecule has 0 unspecified atom stereocenters. The van der Waals surface area contributed by atoms with E-state index in [2.05, 4.69) is 11.1 Å². The number of rotatable bonds is 2. The smallest absolute Gasteiger partial charge is 0.261 e. The van der Waals surface area contributed by atoms with Crippen LogP contribution < -0.4 is 5.56 Å². The quantitative estimate of drug-likeness (QED) is 0.711. The van der Waals surface area contributed by atoms with Crippen LogP contribution in [-0.4, -0.2) is 9.55 Å². The van der Waals surface area contributed by atoms with E-state index >= 15 is 0 Å². The number of hydrogen-bond acceptors (Lipinski definition) is 3. The van der Waals surface area contributed by atoms with Crippen molar-refractivity contribution in [2.24, 2.45) is 0 Å². The molecule has 0 aliphatic heterocycles. The first-order valence-corrected chi connectivity index (χ1v) is 6.21. The van der Waals surface area contributed by atoms with E-state index in [0.717, 1.165) is 5.56 Å². The van der Waals surface area contributed by atoms with Gasteiger partial charge in [0.05, 0.1) is 35.4 Å². The minimum atomic E-state index is -0.0556. The molecule has 0 aliphatic rings. The fourth-order valence-electron chi connectivity index (χ4n) is 2.10. The second kappa shape index (κ2) is 4.98. The zero-order chi connectivity index (χ0) is 13.9. The van der Waals surface area contributed by atoms with Gasteiger partial charge in [0.25, 0.3) is 5.56 Å². The number of para-hydroxylation sites is 1. The van der Waals surface area contributed by atoms with E-state index in [1.807, 2.05) is 30.3 Å². The second-order valence-electron chi connectivity index (χ2n) is 4.50. The minimum absolute atomic E-state index is 0.0556. The van der Waals surface area contributed by atoms with Crippen LogP contribution in [0.4, 0.5) is 0 Å². The van der Waals surface area contributed by atoms with Gasteiger partial charge in [-0.2, -0.15) is 5.26 Å². The summed E-state index contributed by atoms with van der Waals surface area (Å²) < 4.78 is 1.57. The van der Waals surface area contributed by atoms with E-state index in [9.17, 15) is 4.79 Å². The van der Waals surface area contributed by atoms with Crippen LogP contribution in [0.5, 0.6) is 0 Å². The zero-order valence-electron chi connectivity index (χ0n) is 10.7. The van der Waals surface area contributed by atoms with Gasteiger partial charge in [-0.15, -0.1) is 0 Å². The van der Waals surface area contributed by atoms with Crippen LogP contribution in [0.25, 0.3) is 10.9 Å². The van der Waals surface area contributed by atoms with E-state index in [1.165, 1.54) is 0 Å². The minimum Gasteiger partial charge on any atom is -0.294 e. The number of nitrogens with zero attached hydrogens (tertiary/aromatic N) is 3. The van der Waals surface area contributed by atoms with Crippen LogP contribution in [-0.2, 0) is 6.54 Å². The molecule has 2 aromatic carbocycles. The molecule has 4 heteroatoms. The molecule has 0 fully saturated rings. The standard InChI is InChI=1S/C16H11N3O/c17-9-12-5-7-13(8-6-12)10-19-11-18-15-4-2-1-3-14(15)16(19)20/h1-8,11H,10H2. The average molecular weight is 261 g/mol. The summed E-state index contributed by atoms with van der Waals surface area (Å²) >= 11 is 0. The predicted molar refractivity (Wildman–Crippen MR) is 76.3 cm³/mol. The summed E-state index contributed by atoms with van der Waals surface area (Å²) in [4.78, 5) is 16.6. The molecule has 1 heterocycles. The number of hydrogen-bond donors (Lipinski definition) is 0. The molecule has 0 spiro atoms. The van der Waals surface area contributed by atoms with Crippen molar-refractivity contribution in [2.75, 3.05) is 0 Å². The Hall–Kier alpha value is -2.93. The van der Waals surface area contributed by atoms with Crippen molar-refractivity contribution in [1.29, 1.82) is 5.26 Å². The monoisotopic (exact) mass is 261 g/mol. The lowest BCUT2D eigenvalue weighted by atomic mass is 10.1. The van der Waals surface area contributed by atoms with Crippen molar-refractivity contribution in [2.45, 2.75) is 6.54 Å². The first-order chi connectivity index (χ1) is 9.78. The van der Waals surface area contributed by atoms with Gasteiger partial charge in [-0.3, -0.25) is 9.36 Å². The van der Waals surface area contributed by atoms with Gasteiger partial charge in [0.2, 0.25) is 0 Å². The van der Waals surface area contributed by atoms with Crippen LogP contribution in [0.1, 0.15) is 11.1 Å². The van der Waals surface area contributed by atoms with Crippen molar-refractivity contribution in [3.8, 4) is 6.07 Å². The van der Waals surface area contributed by atoms with E-state index < -0.39 is 0 Å². The number of nitriles is 1. The molecule has 0 amide bonds. The summed E-state index contributed by atoms with van der Waals surface area (Å²) in [5, 5.41) is 9.38. The maximum atomic E-state index is 12.3. The summed E-state index contributed by atoms with van der Waals surface area (Å²) in [6.45, 7) is 0.447. The van der Waals surface area contributed by atoms with Gasteiger partial charge in [-0.1, -0.05) is 24.3 Å². The van der Waals surface area contributed by atoms with Crippen LogP contribution in [0.2, 0.25) is 0 Å². The van der Waals surface area contributed by atoms with Crippen LogP contribution in [0, 0.1) is 11.3 Å². The lowest BCUT2D eigenvalue weighted by molar-refractivity contribution is 0.748. The van der Waals surface area contributed by atoms with E-state index in [0.29, 0.717) is 23.0 Å². The Labute approximate surface area is 115 Å². The van der Waals surface area contributed by atoms with Crippen molar-refractivity contribution in [3.05, 3.63) is 76.3 Å². The van der Waals surface area contributed by atoms with Gasteiger partial charge in [0.15, 0.2) is 0 Å². The molecular weight excluding hydrogens is 250 g/mol. The molecule has 96 valence electrons. The van der Waals surface area contributed by atoms with Gasteiger partial charge >= 0.3 is 0 Å². The van der Waals surface area contributed by atoms with E-state index in [4.69, 9.17) is 5.26 Å². The topological polar surface area (TPSA) is 58.7 Å². The van der Waals surface area contributed by atoms with Gasteiger partial charge in [0.1, 0.15) is 0 Å². The van der Waals surface area contributed by atoms with Crippen LogP contribution >= 0.6 is 0 Å². The molecule has 0 saturated heterocycles. The molecular formula is C16H11N3O. The number of fused-ring (bicyclic) bond motifs is 1. The predicted octanol–water partition coefficient (Wildman–Crippen LogP) is 2.32. The Balaban J connectivity index is 2.00. The maximum absolute atomic E-state index is 12.3. The molecule has 0 radical (unpaired) electrons. The van der Waals surface area contributed by atoms with Gasteiger partial charge in [-0.25, -0.2) is 4.98 Å². The van der Waals surface area contributed by atoms with Gasteiger partial charge in [0, 0.05) is 0 Å². The second-order valence-corrected chi connectivity index (χ2v) is 4.50. The Bertz CT molecular complexity index is 857. The molecule has 3 aromatic rings. The van der Waals surface area contributed by atoms with Crippen LogP contribution in [0.3, 0.4) is 0 Å². The Morgan fingerprint density at radius 3 is 2.60 bits per heavy atom. The molecule has 4 nitrogen and oxygen atoms in total. The van der Waals surface area contributed by atoms with E-state index in [-0.39, 0.29) is 5.56 Å². The summed E-state index contributed by atoms with van der Waals surface area (Å²) in [6.07, 6.45) is 1.56. The number of benzene rings is 2. The number of aromatic nitrogens is 2. The van der Waals surface area contributed by atoms with Crippen molar-refractivity contribution < 1.29 is 0 Å². The fraction of sp³-hybridized carbons (Fsp3) is 0.0625. The lowest BCUT2D eigenvalue weighted by Gasteiger charge is -2.06. The highest BCUT2D eigenvalue weighted by molar-refractivity contribution is 5.76. The summed E-state index contributed by atoms with van der Waals surface area (Å²) in [5.74, 6) is 0. The molecule has 0 aliphatic carbocycles. The Kier molecular flexibility index (Phi) is 3.02. The van der Waals surface area contributed by atoms with E-state index in [1.54, 1.807) is 29.1 Å². The summed E-state index contributed by atoms with van der Waals surface area (Å²) in [7, 11) is 0. The first-order valence-electron chi connectivity index (χ1n) is 6.21. The first kappa shape index (κ1) is 12.1. The molecule has 0 saturated carbocycles. The van der Waals surface area contributed by atoms with Gasteiger partial charge in [-0.05, 0) is 29.8 Å². The largest absolute Gasteiger partial charge is 0.294 e. The SMILES string of the molecule is N#Cc1ccc(Cn2cnc3ccccc3c2=O)cc1. The molecule has 0 bridgehead atoms.